The number of hydrogen-bond donors (Lipinski definition) is 2. The van der Waals surface area contributed by atoms with Crippen LogP contribution in [0.25, 0.3) is 0 Å². The van der Waals surface area contributed by atoms with Crippen molar-refractivity contribution in [3.8, 4) is 0 Å². The minimum atomic E-state index is -2.22. The molecule has 0 unspecified atom stereocenters. The molecule has 1 saturated heterocycles. The zero-order valence-corrected chi connectivity index (χ0v) is 21.0. The number of hydroxylamine groups is 2. The fraction of sp³-hybridized carbons (Fsp3) is 0.654. The highest BCUT2D eigenvalue weighted by atomic mass is 32.1. The number of aromatic nitrogens is 1. The average molecular weight is 521 g/mol. The third-order valence-corrected chi connectivity index (χ3v) is 10.8. The Morgan fingerprint density at radius 2 is 2.11 bits per heavy atom. The van der Waals surface area contributed by atoms with E-state index in [2.05, 4.69) is 4.98 Å². The summed E-state index contributed by atoms with van der Waals surface area (Å²) >= 11 is 1.46. The summed E-state index contributed by atoms with van der Waals surface area (Å²) in [5.74, 6) is -2.60. The van der Waals surface area contributed by atoms with Crippen molar-refractivity contribution in [3.63, 3.8) is 0 Å². The Labute approximate surface area is 211 Å². The maximum Gasteiger partial charge on any atom is 0.192 e. The fourth-order valence-corrected chi connectivity index (χ4v) is 9.13. The van der Waals surface area contributed by atoms with Crippen LogP contribution in [-0.2, 0) is 21.0 Å². The molecule has 4 fully saturated rings. The summed E-state index contributed by atoms with van der Waals surface area (Å²) in [6.45, 7) is 3.39. The van der Waals surface area contributed by atoms with Gasteiger partial charge in [-0.1, -0.05) is 13.0 Å². The second-order valence-corrected chi connectivity index (χ2v) is 12.4. The van der Waals surface area contributed by atoms with Crippen LogP contribution in [0, 0.1) is 28.6 Å². The number of fused-ring (bicyclic) bond motifs is 7. The number of alkyl halides is 2. The molecule has 6 rings (SSSR count). The van der Waals surface area contributed by atoms with Gasteiger partial charge in [0.15, 0.2) is 22.8 Å². The molecule has 0 amide bonds. The van der Waals surface area contributed by atoms with E-state index in [-0.39, 0.29) is 30.1 Å². The van der Waals surface area contributed by atoms with E-state index < -0.39 is 58.6 Å². The normalized spacial score (nSPS) is 47.7. The molecule has 1 aliphatic heterocycles. The van der Waals surface area contributed by atoms with Crippen LogP contribution in [0.2, 0.25) is 0 Å². The number of ketones is 2. The molecule has 36 heavy (non-hydrogen) atoms. The molecule has 1 aromatic heterocycles. The lowest BCUT2D eigenvalue weighted by atomic mass is 9.44. The standard InChI is InChI=1S/C26H30F2N2O5S/c1-23-4-3-15(32)8-18(23)19(27)9-17-16-7-14-11-30(12-22-29-5-6-36-22)35-26(14,21(34)13-31)24(16,2)10-20(33)25(17,23)28/h3-6,8,14,16-17,19-20,31,33H,7,9-13H2,1-2H3/t14-,16-,17-,19-,20-,23-,24-,25-,26-/m0/s1. The Kier molecular flexibility index (Phi) is 5.33. The van der Waals surface area contributed by atoms with Gasteiger partial charge < -0.3 is 10.2 Å². The number of thiazole rings is 1. The number of allylic oxidation sites excluding steroid dienone is 4. The van der Waals surface area contributed by atoms with E-state index >= 15 is 8.78 Å². The first-order chi connectivity index (χ1) is 17.0. The van der Waals surface area contributed by atoms with Gasteiger partial charge in [0.1, 0.15) is 17.8 Å². The number of carbonyl (C=O) groups excluding carboxylic acids is 2. The lowest BCUT2D eigenvalue weighted by molar-refractivity contribution is -0.269. The van der Waals surface area contributed by atoms with Crippen LogP contribution in [0.4, 0.5) is 8.78 Å². The highest BCUT2D eigenvalue weighted by molar-refractivity contribution is 7.09. The number of carbonyl (C=O) groups is 2. The van der Waals surface area contributed by atoms with Crippen molar-refractivity contribution in [2.75, 3.05) is 13.2 Å². The van der Waals surface area contributed by atoms with Gasteiger partial charge in [-0.05, 0) is 49.8 Å². The first-order valence-electron chi connectivity index (χ1n) is 12.4. The largest absolute Gasteiger partial charge is 0.390 e. The Bertz CT molecular complexity index is 1180. The molecule has 2 N–H and O–H groups in total. The molecule has 3 saturated carbocycles. The number of Topliss-reactive ketones (excluding diaryl/α,β-unsaturated/α-hetero) is 1. The van der Waals surface area contributed by atoms with Gasteiger partial charge in [0.2, 0.25) is 0 Å². The number of hydrogen-bond acceptors (Lipinski definition) is 8. The van der Waals surface area contributed by atoms with Gasteiger partial charge in [0.05, 0.1) is 12.6 Å². The summed E-state index contributed by atoms with van der Waals surface area (Å²) in [7, 11) is 0. The van der Waals surface area contributed by atoms with Gasteiger partial charge in [0.25, 0.3) is 0 Å². The molecular formula is C26H30F2N2O5S. The summed E-state index contributed by atoms with van der Waals surface area (Å²) in [6, 6.07) is 0. The third-order valence-electron chi connectivity index (χ3n) is 10.0. The average Bonchev–Trinajstić information content (AvgIpc) is 3.53. The van der Waals surface area contributed by atoms with Crippen molar-refractivity contribution in [3.05, 3.63) is 40.4 Å². The van der Waals surface area contributed by atoms with E-state index in [1.807, 2.05) is 12.3 Å². The smallest absolute Gasteiger partial charge is 0.192 e. The minimum Gasteiger partial charge on any atom is -0.390 e. The van der Waals surface area contributed by atoms with Crippen LogP contribution in [0.15, 0.2) is 35.4 Å². The predicted octanol–water partition coefficient (Wildman–Crippen LogP) is 2.74. The molecule has 5 aliphatic rings. The monoisotopic (exact) mass is 520 g/mol. The summed E-state index contributed by atoms with van der Waals surface area (Å²) < 4.78 is 33.0. The molecular weight excluding hydrogens is 490 g/mol. The van der Waals surface area contributed by atoms with E-state index in [1.54, 1.807) is 18.2 Å². The number of halogens is 2. The van der Waals surface area contributed by atoms with E-state index in [0.29, 0.717) is 19.5 Å². The second kappa shape index (κ2) is 7.83. The molecule has 7 nitrogen and oxygen atoms in total. The van der Waals surface area contributed by atoms with Crippen molar-refractivity contribution in [2.45, 2.75) is 63.2 Å². The predicted molar refractivity (Wildman–Crippen MR) is 126 cm³/mol. The number of nitrogens with zero attached hydrogens (tertiary/aromatic N) is 2. The van der Waals surface area contributed by atoms with Crippen molar-refractivity contribution in [1.29, 1.82) is 0 Å². The van der Waals surface area contributed by atoms with Gasteiger partial charge in [-0.2, -0.15) is 5.06 Å². The van der Waals surface area contributed by atoms with Gasteiger partial charge in [0, 0.05) is 40.8 Å². The van der Waals surface area contributed by atoms with E-state index in [1.165, 1.54) is 29.6 Å². The van der Waals surface area contributed by atoms with E-state index in [4.69, 9.17) is 4.84 Å². The SMILES string of the molecule is C[C@]12C=CC(=O)C=C1[C@@H](F)C[C@H]1[C@@H]3C[C@H]4CN(Cc5nccs5)O[C@@]4(C(=O)CO)[C@@]3(C)C[C@H](O)[C@@]12F. The molecule has 9 atom stereocenters. The first kappa shape index (κ1) is 24.5. The molecule has 194 valence electrons. The third kappa shape index (κ3) is 2.82. The van der Waals surface area contributed by atoms with Crippen molar-refractivity contribution in [2.24, 2.45) is 28.6 Å². The number of aliphatic hydroxyl groups is 2. The van der Waals surface area contributed by atoms with Gasteiger partial charge >= 0.3 is 0 Å². The van der Waals surface area contributed by atoms with E-state index in [9.17, 15) is 19.8 Å². The molecule has 0 radical (unpaired) electrons. The van der Waals surface area contributed by atoms with Crippen molar-refractivity contribution in [1.82, 2.24) is 10.0 Å². The highest BCUT2D eigenvalue weighted by Gasteiger charge is 2.79. The number of aliphatic hydroxyl groups excluding tert-OH is 2. The highest BCUT2D eigenvalue weighted by Crippen LogP contribution is 2.72. The molecule has 4 aliphatic carbocycles. The first-order valence-corrected chi connectivity index (χ1v) is 13.3. The van der Waals surface area contributed by atoms with Crippen LogP contribution in [0.1, 0.15) is 38.1 Å². The molecule has 0 spiro atoms. The van der Waals surface area contributed by atoms with Gasteiger partial charge in [-0.3, -0.25) is 14.4 Å². The number of rotatable bonds is 4. The second-order valence-electron chi connectivity index (χ2n) is 11.4. The van der Waals surface area contributed by atoms with Crippen molar-refractivity contribution < 1.29 is 33.4 Å². The van der Waals surface area contributed by atoms with Crippen LogP contribution in [0.5, 0.6) is 0 Å². The maximum absolute atomic E-state index is 17.3. The lowest BCUT2D eigenvalue weighted by Gasteiger charge is -2.63. The topological polar surface area (TPSA) is 100.0 Å². The van der Waals surface area contributed by atoms with Gasteiger partial charge in [-0.25, -0.2) is 13.8 Å². The Morgan fingerprint density at radius 1 is 1.33 bits per heavy atom. The summed E-state index contributed by atoms with van der Waals surface area (Å²) in [4.78, 5) is 36.1. The molecule has 2 heterocycles. The minimum absolute atomic E-state index is 0.0709. The Hall–Kier alpha value is -1.85. The summed E-state index contributed by atoms with van der Waals surface area (Å²) in [5.41, 5.74) is -6.10. The Balaban J connectivity index is 1.42. The molecule has 10 heteroatoms. The lowest BCUT2D eigenvalue weighted by Crippen LogP contribution is -2.70. The Morgan fingerprint density at radius 3 is 2.81 bits per heavy atom. The fourth-order valence-electron chi connectivity index (χ4n) is 8.52. The zero-order valence-electron chi connectivity index (χ0n) is 20.2. The zero-order chi connectivity index (χ0) is 25.7. The van der Waals surface area contributed by atoms with E-state index in [0.717, 1.165) is 5.01 Å². The summed E-state index contributed by atoms with van der Waals surface area (Å²) in [5, 5.41) is 25.8. The summed E-state index contributed by atoms with van der Waals surface area (Å²) in [6.07, 6.45) is 2.59. The van der Waals surface area contributed by atoms with Crippen LogP contribution >= 0.6 is 11.3 Å². The van der Waals surface area contributed by atoms with Crippen LogP contribution in [0.3, 0.4) is 0 Å². The maximum atomic E-state index is 17.3. The van der Waals surface area contributed by atoms with Crippen molar-refractivity contribution >= 4 is 22.9 Å². The van der Waals surface area contributed by atoms with Crippen LogP contribution < -0.4 is 0 Å². The molecule has 1 aromatic rings. The van der Waals surface area contributed by atoms with Crippen LogP contribution in [-0.4, -0.2) is 68.5 Å². The quantitative estimate of drug-likeness (QED) is 0.630. The molecule has 0 bridgehead atoms. The molecule has 0 aromatic carbocycles. The van der Waals surface area contributed by atoms with Gasteiger partial charge in [-0.15, -0.1) is 11.3 Å².